The lowest BCUT2D eigenvalue weighted by atomic mass is 10.0. The van der Waals surface area contributed by atoms with E-state index in [1.165, 1.54) is 5.56 Å². The molecule has 1 unspecified atom stereocenters. The molecule has 1 saturated heterocycles. The fourth-order valence-corrected chi connectivity index (χ4v) is 3.97. The number of rotatable bonds is 4. The van der Waals surface area contributed by atoms with Gasteiger partial charge in [0.25, 0.3) is 0 Å². The number of hydrogen-bond donors (Lipinski definition) is 1. The molecule has 0 saturated carbocycles. The van der Waals surface area contributed by atoms with Crippen LogP contribution in [0, 0.1) is 19.8 Å². The van der Waals surface area contributed by atoms with Crippen LogP contribution in [0.5, 0.6) is 0 Å². The Labute approximate surface area is 165 Å². The second-order valence-electron chi connectivity index (χ2n) is 7.58. The summed E-state index contributed by atoms with van der Waals surface area (Å²) in [6.07, 6.45) is 0.194. The molecule has 3 rings (SSSR count). The Balaban J connectivity index is 1.72. The SMILES string of the molecule is Cc1cc(C)c(N2CC(C(=O)Nc3ccc(C(C)C)cc3)CC2=O)c(Cl)c1. The summed E-state index contributed by atoms with van der Waals surface area (Å²) in [4.78, 5) is 26.8. The number of amides is 2. The van der Waals surface area contributed by atoms with E-state index in [4.69, 9.17) is 11.6 Å². The van der Waals surface area contributed by atoms with Crippen molar-refractivity contribution >= 4 is 34.8 Å². The molecule has 2 aromatic carbocycles. The summed E-state index contributed by atoms with van der Waals surface area (Å²) in [5, 5.41) is 3.48. The van der Waals surface area contributed by atoms with Gasteiger partial charge in [0, 0.05) is 18.7 Å². The van der Waals surface area contributed by atoms with Crippen LogP contribution in [-0.2, 0) is 9.59 Å². The van der Waals surface area contributed by atoms with E-state index in [2.05, 4.69) is 19.2 Å². The van der Waals surface area contributed by atoms with Crippen LogP contribution in [0.4, 0.5) is 11.4 Å². The van der Waals surface area contributed by atoms with Crippen molar-refractivity contribution in [3.8, 4) is 0 Å². The molecule has 0 spiro atoms. The number of carbonyl (C=O) groups excluding carboxylic acids is 2. The van der Waals surface area contributed by atoms with Crippen molar-refractivity contribution in [2.45, 2.75) is 40.0 Å². The van der Waals surface area contributed by atoms with Crippen LogP contribution in [0.1, 0.15) is 42.9 Å². The summed E-state index contributed by atoms with van der Waals surface area (Å²) in [6, 6.07) is 11.7. The molecule has 1 fully saturated rings. The molecule has 2 aromatic rings. The second kappa shape index (κ2) is 7.73. The first-order valence-electron chi connectivity index (χ1n) is 9.24. The number of hydrogen-bond acceptors (Lipinski definition) is 2. The number of nitrogens with zero attached hydrogens (tertiary/aromatic N) is 1. The van der Waals surface area contributed by atoms with Gasteiger partial charge in [0.1, 0.15) is 0 Å². The predicted molar refractivity (Wildman–Crippen MR) is 111 cm³/mol. The van der Waals surface area contributed by atoms with Crippen LogP contribution in [0.25, 0.3) is 0 Å². The van der Waals surface area contributed by atoms with E-state index in [0.29, 0.717) is 23.2 Å². The Morgan fingerprint density at radius 3 is 2.44 bits per heavy atom. The molecule has 1 atom stereocenters. The molecule has 4 nitrogen and oxygen atoms in total. The third-order valence-corrected chi connectivity index (χ3v) is 5.30. The standard InChI is InChI=1S/C22H25ClN2O2/c1-13(2)16-5-7-18(8-6-16)24-22(27)17-11-20(26)25(12-17)21-15(4)9-14(3)10-19(21)23/h5-10,13,17H,11-12H2,1-4H3,(H,24,27). The summed E-state index contributed by atoms with van der Waals surface area (Å²) >= 11 is 6.38. The Morgan fingerprint density at radius 1 is 1.19 bits per heavy atom. The molecule has 5 heteroatoms. The first-order chi connectivity index (χ1) is 12.8. The van der Waals surface area contributed by atoms with Gasteiger partial charge >= 0.3 is 0 Å². The lowest BCUT2D eigenvalue weighted by Crippen LogP contribution is -2.28. The minimum Gasteiger partial charge on any atom is -0.326 e. The van der Waals surface area contributed by atoms with Crippen molar-refractivity contribution < 1.29 is 9.59 Å². The molecule has 27 heavy (non-hydrogen) atoms. The fraction of sp³-hybridized carbons (Fsp3) is 0.364. The highest BCUT2D eigenvalue weighted by Gasteiger charge is 2.36. The van der Waals surface area contributed by atoms with E-state index in [0.717, 1.165) is 16.8 Å². The Kier molecular flexibility index (Phi) is 5.56. The van der Waals surface area contributed by atoms with Crippen molar-refractivity contribution in [3.63, 3.8) is 0 Å². The highest BCUT2D eigenvalue weighted by Crippen LogP contribution is 2.35. The van der Waals surface area contributed by atoms with Gasteiger partial charge in [0.2, 0.25) is 11.8 Å². The number of aryl methyl sites for hydroxylation is 2. The lowest BCUT2D eigenvalue weighted by molar-refractivity contribution is -0.122. The number of halogens is 1. The van der Waals surface area contributed by atoms with Gasteiger partial charge < -0.3 is 10.2 Å². The number of anilines is 2. The van der Waals surface area contributed by atoms with Gasteiger partial charge in [0.15, 0.2) is 0 Å². The number of benzene rings is 2. The van der Waals surface area contributed by atoms with E-state index in [1.54, 1.807) is 4.90 Å². The van der Waals surface area contributed by atoms with Crippen molar-refractivity contribution in [3.05, 3.63) is 58.1 Å². The summed E-state index contributed by atoms with van der Waals surface area (Å²) < 4.78 is 0. The average molecular weight is 385 g/mol. The fourth-order valence-electron chi connectivity index (χ4n) is 3.54. The molecule has 0 bridgehead atoms. The van der Waals surface area contributed by atoms with Gasteiger partial charge in [-0.3, -0.25) is 9.59 Å². The van der Waals surface area contributed by atoms with Gasteiger partial charge in [-0.05, 0) is 54.7 Å². The maximum Gasteiger partial charge on any atom is 0.229 e. The van der Waals surface area contributed by atoms with Gasteiger partial charge in [-0.25, -0.2) is 0 Å². The van der Waals surface area contributed by atoms with Crippen molar-refractivity contribution in [1.82, 2.24) is 0 Å². The normalized spacial score (nSPS) is 16.9. The van der Waals surface area contributed by atoms with E-state index in [-0.39, 0.29) is 24.2 Å². The topological polar surface area (TPSA) is 49.4 Å². The molecular weight excluding hydrogens is 360 g/mol. The van der Waals surface area contributed by atoms with Crippen molar-refractivity contribution in [1.29, 1.82) is 0 Å². The lowest BCUT2D eigenvalue weighted by Gasteiger charge is -2.21. The van der Waals surface area contributed by atoms with Crippen LogP contribution in [0.3, 0.4) is 0 Å². The Hall–Kier alpha value is -2.33. The molecule has 2 amide bonds. The van der Waals surface area contributed by atoms with Crippen molar-refractivity contribution in [2.24, 2.45) is 5.92 Å². The first kappa shape index (κ1) is 19.4. The summed E-state index contributed by atoms with van der Waals surface area (Å²) in [5.74, 6) is -0.152. The monoisotopic (exact) mass is 384 g/mol. The van der Waals surface area contributed by atoms with Gasteiger partial charge in [-0.1, -0.05) is 43.6 Å². The van der Waals surface area contributed by atoms with Gasteiger partial charge in [-0.2, -0.15) is 0 Å². The molecule has 0 aliphatic carbocycles. The number of nitrogens with one attached hydrogen (secondary N) is 1. The van der Waals surface area contributed by atoms with Crippen LogP contribution in [0.15, 0.2) is 36.4 Å². The highest BCUT2D eigenvalue weighted by atomic mass is 35.5. The van der Waals surface area contributed by atoms with E-state index in [1.807, 2.05) is 50.2 Å². The number of carbonyl (C=O) groups is 2. The molecule has 1 aliphatic rings. The zero-order valence-electron chi connectivity index (χ0n) is 16.2. The van der Waals surface area contributed by atoms with Gasteiger partial charge in [0.05, 0.1) is 16.6 Å². The summed E-state index contributed by atoms with van der Waals surface area (Å²) in [6.45, 7) is 8.51. The molecule has 1 heterocycles. The maximum absolute atomic E-state index is 12.7. The minimum absolute atomic E-state index is 0.0702. The molecule has 0 radical (unpaired) electrons. The van der Waals surface area contributed by atoms with Crippen LogP contribution in [0.2, 0.25) is 5.02 Å². The van der Waals surface area contributed by atoms with E-state index >= 15 is 0 Å². The molecule has 142 valence electrons. The van der Waals surface area contributed by atoms with Crippen LogP contribution in [-0.4, -0.2) is 18.4 Å². The molecule has 0 aromatic heterocycles. The largest absolute Gasteiger partial charge is 0.326 e. The maximum atomic E-state index is 12.7. The molecular formula is C22H25ClN2O2. The molecule has 1 aliphatic heterocycles. The quantitative estimate of drug-likeness (QED) is 0.799. The highest BCUT2D eigenvalue weighted by molar-refractivity contribution is 6.34. The predicted octanol–water partition coefficient (Wildman–Crippen LogP) is 5.07. The Bertz CT molecular complexity index is 851. The molecule has 1 N–H and O–H groups in total. The average Bonchev–Trinajstić information content (AvgIpc) is 2.96. The zero-order valence-corrected chi connectivity index (χ0v) is 16.9. The third kappa shape index (κ3) is 4.16. The first-order valence-corrected chi connectivity index (χ1v) is 9.62. The minimum atomic E-state index is -0.390. The second-order valence-corrected chi connectivity index (χ2v) is 7.99. The van der Waals surface area contributed by atoms with E-state index in [9.17, 15) is 9.59 Å². The Morgan fingerprint density at radius 2 is 1.85 bits per heavy atom. The van der Waals surface area contributed by atoms with Crippen LogP contribution < -0.4 is 10.2 Å². The third-order valence-electron chi connectivity index (χ3n) is 5.01. The van der Waals surface area contributed by atoms with Gasteiger partial charge in [-0.15, -0.1) is 0 Å². The van der Waals surface area contributed by atoms with Crippen molar-refractivity contribution in [2.75, 3.05) is 16.8 Å². The zero-order chi connectivity index (χ0) is 19.7. The van der Waals surface area contributed by atoms with E-state index < -0.39 is 0 Å². The van der Waals surface area contributed by atoms with Crippen LogP contribution >= 0.6 is 11.6 Å². The summed E-state index contributed by atoms with van der Waals surface area (Å²) in [7, 11) is 0. The smallest absolute Gasteiger partial charge is 0.229 e. The summed E-state index contributed by atoms with van der Waals surface area (Å²) in [5.41, 5.74) is 4.68.